The van der Waals surface area contributed by atoms with Crippen LogP contribution in [-0.2, 0) is 0 Å². The third-order valence-electron chi connectivity index (χ3n) is 3.70. The van der Waals surface area contributed by atoms with Gasteiger partial charge in [0, 0.05) is 10.4 Å². The monoisotopic (exact) mass is 262 g/mol. The van der Waals surface area contributed by atoms with Crippen molar-refractivity contribution in [3.63, 3.8) is 0 Å². The molecule has 0 aromatic heterocycles. The average molecular weight is 263 g/mol. The third kappa shape index (κ3) is 1.54. The smallest absolute Gasteiger partial charge is 0.0497 e. The molecule has 0 spiro atoms. The molecule has 4 aromatic rings. The number of rotatable bonds is 0. The Morgan fingerprint density at radius 3 is 2.11 bits per heavy atom. The van der Waals surface area contributed by atoms with E-state index in [0.717, 1.165) is 10.4 Å². The van der Waals surface area contributed by atoms with Crippen LogP contribution in [0.2, 0.25) is 5.02 Å². The summed E-state index contributed by atoms with van der Waals surface area (Å²) >= 11 is 6.51. The quantitative estimate of drug-likeness (QED) is 0.351. The fourth-order valence-electron chi connectivity index (χ4n) is 2.83. The molecule has 90 valence electrons. The molecule has 0 aliphatic carbocycles. The number of hydrogen-bond donors (Lipinski definition) is 0. The van der Waals surface area contributed by atoms with Crippen LogP contribution in [0.3, 0.4) is 0 Å². The topological polar surface area (TPSA) is 0 Å². The Balaban J connectivity index is 2.35. The van der Waals surface area contributed by atoms with Crippen LogP contribution in [0.1, 0.15) is 0 Å². The molecule has 0 fully saturated rings. The van der Waals surface area contributed by atoms with Gasteiger partial charge < -0.3 is 0 Å². The van der Waals surface area contributed by atoms with Crippen LogP contribution in [-0.4, -0.2) is 0 Å². The van der Waals surface area contributed by atoms with E-state index in [9.17, 15) is 0 Å². The highest BCUT2D eigenvalue weighted by Gasteiger charge is 2.08. The number of benzene rings is 4. The lowest BCUT2D eigenvalue weighted by Gasteiger charge is -2.09. The summed E-state index contributed by atoms with van der Waals surface area (Å²) in [7, 11) is 0. The molecule has 0 saturated heterocycles. The molecule has 4 aromatic carbocycles. The van der Waals surface area contributed by atoms with Crippen molar-refractivity contribution in [1.29, 1.82) is 0 Å². The van der Waals surface area contributed by atoms with Crippen LogP contribution in [0.25, 0.3) is 32.3 Å². The molecule has 0 saturated carbocycles. The second-order valence-electron chi connectivity index (χ2n) is 4.79. The maximum atomic E-state index is 6.51. The van der Waals surface area contributed by atoms with Gasteiger partial charge in [-0.25, -0.2) is 0 Å². The molecule has 0 aliphatic rings. The summed E-state index contributed by atoms with van der Waals surface area (Å²) in [5.41, 5.74) is 0. The first-order chi connectivity index (χ1) is 9.34. The first-order valence-electron chi connectivity index (χ1n) is 6.33. The fraction of sp³-hybridized carbons (Fsp3) is 0. The number of halogens is 1. The predicted octanol–water partition coefficient (Wildman–Crippen LogP) is 5.80. The van der Waals surface area contributed by atoms with Crippen LogP contribution in [0.4, 0.5) is 0 Å². The molecule has 0 unspecified atom stereocenters. The lowest BCUT2D eigenvalue weighted by molar-refractivity contribution is 1.77. The minimum absolute atomic E-state index is 0.825. The van der Waals surface area contributed by atoms with Crippen LogP contribution in [0, 0.1) is 0 Å². The van der Waals surface area contributed by atoms with Crippen LogP contribution < -0.4 is 0 Å². The van der Waals surface area contributed by atoms with Crippen molar-refractivity contribution in [2.75, 3.05) is 0 Å². The molecule has 0 radical (unpaired) electrons. The lowest BCUT2D eigenvalue weighted by Crippen LogP contribution is -1.82. The second-order valence-corrected chi connectivity index (χ2v) is 5.20. The van der Waals surface area contributed by atoms with E-state index in [1.807, 2.05) is 6.07 Å². The first-order valence-corrected chi connectivity index (χ1v) is 6.71. The molecule has 0 amide bonds. The van der Waals surface area contributed by atoms with Gasteiger partial charge in [-0.15, -0.1) is 0 Å². The summed E-state index contributed by atoms with van der Waals surface area (Å²) < 4.78 is 0. The van der Waals surface area contributed by atoms with E-state index in [2.05, 4.69) is 60.7 Å². The van der Waals surface area contributed by atoms with Gasteiger partial charge in [0.15, 0.2) is 0 Å². The van der Waals surface area contributed by atoms with E-state index in [4.69, 9.17) is 11.6 Å². The highest BCUT2D eigenvalue weighted by atomic mass is 35.5. The van der Waals surface area contributed by atoms with Gasteiger partial charge >= 0.3 is 0 Å². The zero-order chi connectivity index (χ0) is 12.8. The Kier molecular flexibility index (Phi) is 2.27. The summed E-state index contributed by atoms with van der Waals surface area (Å²) in [4.78, 5) is 0. The minimum Gasteiger partial charge on any atom is -0.0836 e. The molecular weight excluding hydrogens is 252 g/mol. The summed E-state index contributed by atoms with van der Waals surface area (Å²) in [5.74, 6) is 0. The Labute approximate surface area is 116 Å². The van der Waals surface area contributed by atoms with Crippen molar-refractivity contribution in [3.05, 3.63) is 71.8 Å². The van der Waals surface area contributed by atoms with E-state index in [1.165, 1.54) is 26.9 Å². The van der Waals surface area contributed by atoms with Crippen LogP contribution in [0.15, 0.2) is 66.7 Å². The van der Waals surface area contributed by atoms with E-state index >= 15 is 0 Å². The fourth-order valence-corrected chi connectivity index (χ4v) is 3.15. The largest absolute Gasteiger partial charge is 0.0836 e. The van der Waals surface area contributed by atoms with Gasteiger partial charge in [-0.05, 0) is 33.0 Å². The zero-order valence-corrected chi connectivity index (χ0v) is 11.0. The highest BCUT2D eigenvalue weighted by Crippen LogP contribution is 2.36. The number of fused-ring (bicyclic) bond motifs is 5. The second kappa shape index (κ2) is 3.97. The SMILES string of the molecule is Clc1cc2ccccc2c2ccc3ccccc3c12. The van der Waals surface area contributed by atoms with Crippen LogP contribution in [0.5, 0.6) is 0 Å². The van der Waals surface area contributed by atoms with E-state index in [-0.39, 0.29) is 0 Å². The standard InChI is InChI=1S/C18H11Cl/c19-17-11-13-6-2-3-7-14(13)16-10-9-12-5-1-4-8-15(12)18(16)17/h1-11H. The van der Waals surface area contributed by atoms with Crippen molar-refractivity contribution in [1.82, 2.24) is 0 Å². The Morgan fingerprint density at radius 2 is 1.26 bits per heavy atom. The molecule has 19 heavy (non-hydrogen) atoms. The summed E-state index contributed by atoms with van der Waals surface area (Å²) in [6.07, 6.45) is 0. The molecule has 0 bridgehead atoms. The predicted molar refractivity (Wildman–Crippen MR) is 84.0 cm³/mol. The average Bonchev–Trinajstić information content (AvgIpc) is 2.46. The highest BCUT2D eigenvalue weighted by molar-refractivity contribution is 6.40. The maximum Gasteiger partial charge on any atom is 0.0497 e. The van der Waals surface area contributed by atoms with Crippen molar-refractivity contribution in [3.8, 4) is 0 Å². The summed E-state index contributed by atoms with van der Waals surface area (Å²) in [6, 6.07) is 23.2. The van der Waals surface area contributed by atoms with Crippen molar-refractivity contribution in [2.45, 2.75) is 0 Å². The zero-order valence-electron chi connectivity index (χ0n) is 10.2. The molecule has 0 aliphatic heterocycles. The van der Waals surface area contributed by atoms with Crippen LogP contribution >= 0.6 is 11.6 Å². The minimum atomic E-state index is 0.825. The molecule has 0 heterocycles. The van der Waals surface area contributed by atoms with Gasteiger partial charge in [0.25, 0.3) is 0 Å². The number of hydrogen-bond acceptors (Lipinski definition) is 0. The molecule has 0 atom stereocenters. The van der Waals surface area contributed by atoms with E-state index in [1.54, 1.807) is 0 Å². The Bertz CT molecular complexity index is 922. The maximum absolute atomic E-state index is 6.51. The van der Waals surface area contributed by atoms with Crippen molar-refractivity contribution >= 4 is 43.9 Å². The van der Waals surface area contributed by atoms with Gasteiger partial charge in [0.1, 0.15) is 0 Å². The summed E-state index contributed by atoms with van der Waals surface area (Å²) in [6.45, 7) is 0. The third-order valence-corrected chi connectivity index (χ3v) is 4.00. The summed E-state index contributed by atoms with van der Waals surface area (Å²) in [5, 5.41) is 8.09. The van der Waals surface area contributed by atoms with Crippen molar-refractivity contribution in [2.24, 2.45) is 0 Å². The van der Waals surface area contributed by atoms with E-state index < -0.39 is 0 Å². The van der Waals surface area contributed by atoms with Gasteiger partial charge in [-0.2, -0.15) is 0 Å². The molecule has 1 heteroatoms. The molecule has 0 N–H and O–H groups in total. The molecule has 0 nitrogen and oxygen atoms in total. The Hall–Kier alpha value is -2.05. The van der Waals surface area contributed by atoms with Gasteiger partial charge in [-0.3, -0.25) is 0 Å². The Morgan fingerprint density at radius 1 is 0.579 bits per heavy atom. The van der Waals surface area contributed by atoms with Gasteiger partial charge in [0.05, 0.1) is 0 Å². The normalized spacial score (nSPS) is 11.4. The van der Waals surface area contributed by atoms with Gasteiger partial charge in [-0.1, -0.05) is 72.3 Å². The van der Waals surface area contributed by atoms with Gasteiger partial charge in [0.2, 0.25) is 0 Å². The molecule has 4 rings (SSSR count). The first kappa shape index (κ1) is 10.8. The van der Waals surface area contributed by atoms with E-state index in [0.29, 0.717) is 0 Å². The lowest BCUT2D eigenvalue weighted by atomic mass is 9.97. The van der Waals surface area contributed by atoms with Crippen molar-refractivity contribution < 1.29 is 0 Å². The molecular formula is C18H11Cl.